The van der Waals surface area contributed by atoms with Gasteiger partial charge in [-0.3, -0.25) is 4.79 Å². The molecule has 0 aliphatic rings. The number of carbonyl (C=O) groups excluding carboxylic acids is 1. The fraction of sp³-hybridized carbons (Fsp3) is 0.111. The molecule has 23 heavy (non-hydrogen) atoms. The fourth-order valence-corrected chi connectivity index (χ4v) is 2.52. The Morgan fingerprint density at radius 1 is 1.17 bits per heavy atom. The van der Waals surface area contributed by atoms with Crippen molar-refractivity contribution in [1.82, 2.24) is 10.3 Å². The summed E-state index contributed by atoms with van der Waals surface area (Å²) in [7, 11) is 0. The molecule has 3 aromatic rings. The molecule has 5 heteroatoms. The summed E-state index contributed by atoms with van der Waals surface area (Å²) in [5.41, 5.74) is 1.98. The zero-order chi connectivity index (χ0) is 16.2. The highest BCUT2D eigenvalue weighted by molar-refractivity contribution is 6.30. The molecule has 116 valence electrons. The maximum absolute atomic E-state index is 12.5. The van der Waals surface area contributed by atoms with Crippen molar-refractivity contribution in [1.29, 1.82) is 0 Å². The monoisotopic (exact) mass is 326 g/mol. The predicted molar refractivity (Wildman–Crippen MR) is 89.3 cm³/mol. The highest BCUT2D eigenvalue weighted by Gasteiger charge is 2.20. The number of benzene rings is 2. The van der Waals surface area contributed by atoms with Gasteiger partial charge in [-0.25, -0.2) is 4.98 Å². The van der Waals surface area contributed by atoms with Crippen LogP contribution in [0.25, 0.3) is 11.3 Å². The lowest BCUT2D eigenvalue weighted by Crippen LogP contribution is -2.27. The Bertz CT molecular complexity index is 815. The zero-order valence-electron chi connectivity index (χ0n) is 12.5. The number of halogens is 1. The Labute approximate surface area is 139 Å². The van der Waals surface area contributed by atoms with Crippen LogP contribution in [0.4, 0.5) is 0 Å². The number of oxazole rings is 1. The summed E-state index contributed by atoms with van der Waals surface area (Å²) in [6.07, 6.45) is 1.26. The molecular weight excluding hydrogens is 312 g/mol. The van der Waals surface area contributed by atoms with Crippen molar-refractivity contribution in [3.8, 4) is 11.3 Å². The van der Waals surface area contributed by atoms with Crippen LogP contribution in [0.2, 0.25) is 5.02 Å². The van der Waals surface area contributed by atoms with E-state index < -0.39 is 0 Å². The lowest BCUT2D eigenvalue weighted by atomic mass is 10.1. The molecule has 0 radical (unpaired) electrons. The normalized spacial score (nSPS) is 11.9. The number of aromatic nitrogens is 1. The highest BCUT2D eigenvalue weighted by atomic mass is 35.5. The van der Waals surface area contributed by atoms with Gasteiger partial charge in [-0.2, -0.15) is 0 Å². The summed E-state index contributed by atoms with van der Waals surface area (Å²) in [4.78, 5) is 16.5. The van der Waals surface area contributed by atoms with Gasteiger partial charge in [-0.05, 0) is 24.6 Å². The molecule has 0 aliphatic heterocycles. The average molecular weight is 327 g/mol. The van der Waals surface area contributed by atoms with E-state index in [1.54, 1.807) is 18.2 Å². The van der Waals surface area contributed by atoms with Crippen LogP contribution in [0.3, 0.4) is 0 Å². The van der Waals surface area contributed by atoms with Crippen molar-refractivity contribution >= 4 is 17.5 Å². The summed E-state index contributed by atoms with van der Waals surface area (Å²) in [6.45, 7) is 1.92. The number of hydrogen-bond donors (Lipinski definition) is 1. The SMILES string of the molecule is C[C@H](NC(=O)c1ncoc1-c1cccc(Cl)c1)c1ccccc1. The number of rotatable bonds is 4. The molecule has 0 spiro atoms. The van der Waals surface area contributed by atoms with Crippen molar-refractivity contribution in [3.63, 3.8) is 0 Å². The number of nitrogens with zero attached hydrogens (tertiary/aromatic N) is 1. The van der Waals surface area contributed by atoms with Gasteiger partial charge < -0.3 is 9.73 Å². The standard InChI is InChI=1S/C18H15ClN2O2/c1-12(13-6-3-2-4-7-13)21-18(22)16-17(23-11-20-16)14-8-5-9-15(19)10-14/h2-12H,1H3,(H,21,22)/t12-/m0/s1. The molecule has 0 saturated carbocycles. The fourth-order valence-electron chi connectivity index (χ4n) is 2.33. The van der Waals surface area contributed by atoms with E-state index in [2.05, 4.69) is 10.3 Å². The minimum Gasteiger partial charge on any atom is -0.443 e. The minimum atomic E-state index is -0.287. The Hall–Kier alpha value is -2.59. The molecule has 1 aromatic heterocycles. The van der Waals surface area contributed by atoms with E-state index in [-0.39, 0.29) is 17.6 Å². The third kappa shape index (κ3) is 3.43. The third-order valence-electron chi connectivity index (χ3n) is 3.52. The van der Waals surface area contributed by atoms with Crippen LogP contribution in [0.15, 0.2) is 65.4 Å². The van der Waals surface area contributed by atoms with Crippen LogP contribution >= 0.6 is 11.6 Å². The zero-order valence-corrected chi connectivity index (χ0v) is 13.2. The first-order chi connectivity index (χ1) is 11.1. The van der Waals surface area contributed by atoms with E-state index in [4.69, 9.17) is 16.0 Å². The number of nitrogens with one attached hydrogen (secondary N) is 1. The van der Waals surface area contributed by atoms with Gasteiger partial charge in [0.1, 0.15) is 0 Å². The Morgan fingerprint density at radius 3 is 2.70 bits per heavy atom. The number of amides is 1. The van der Waals surface area contributed by atoms with Crippen LogP contribution in [0.5, 0.6) is 0 Å². The molecule has 0 aliphatic carbocycles. The summed E-state index contributed by atoms with van der Waals surface area (Å²) in [5.74, 6) is 0.121. The molecule has 2 aromatic carbocycles. The van der Waals surface area contributed by atoms with Crippen molar-refractivity contribution < 1.29 is 9.21 Å². The maximum atomic E-state index is 12.5. The van der Waals surface area contributed by atoms with E-state index in [9.17, 15) is 4.79 Å². The van der Waals surface area contributed by atoms with Crippen LogP contribution in [-0.4, -0.2) is 10.9 Å². The molecule has 0 fully saturated rings. The van der Waals surface area contributed by atoms with Crippen LogP contribution in [-0.2, 0) is 0 Å². The summed E-state index contributed by atoms with van der Waals surface area (Å²) >= 11 is 6.00. The van der Waals surface area contributed by atoms with Crippen LogP contribution < -0.4 is 5.32 Å². The topological polar surface area (TPSA) is 55.1 Å². The number of carbonyl (C=O) groups is 1. The predicted octanol–water partition coefficient (Wildman–Crippen LogP) is 4.49. The average Bonchev–Trinajstić information content (AvgIpc) is 3.05. The van der Waals surface area contributed by atoms with Crippen molar-refractivity contribution in [2.75, 3.05) is 0 Å². The second-order valence-corrected chi connectivity index (χ2v) is 5.58. The van der Waals surface area contributed by atoms with Gasteiger partial charge in [0.15, 0.2) is 17.8 Å². The summed E-state index contributed by atoms with van der Waals surface area (Å²) < 4.78 is 5.38. The van der Waals surface area contributed by atoms with E-state index in [1.807, 2.05) is 43.3 Å². The van der Waals surface area contributed by atoms with E-state index >= 15 is 0 Å². The second-order valence-electron chi connectivity index (χ2n) is 5.15. The number of hydrogen-bond acceptors (Lipinski definition) is 3. The molecule has 3 rings (SSSR count). The molecule has 0 unspecified atom stereocenters. The van der Waals surface area contributed by atoms with Crippen molar-refractivity contribution in [2.24, 2.45) is 0 Å². The lowest BCUT2D eigenvalue weighted by Gasteiger charge is -2.13. The molecule has 0 saturated heterocycles. The van der Waals surface area contributed by atoms with Crippen LogP contribution in [0.1, 0.15) is 29.0 Å². The van der Waals surface area contributed by atoms with E-state index in [0.717, 1.165) is 5.56 Å². The lowest BCUT2D eigenvalue weighted by molar-refractivity contribution is 0.0935. The van der Waals surface area contributed by atoms with Gasteiger partial charge in [-0.15, -0.1) is 0 Å². The Balaban J connectivity index is 1.83. The van der Waals surface area contributed by atoms with Gasteiger partial charge in [-0.1, -0.05) is 54.1 Å². The quantitative estimate of drug-likeness (QED) is 0.768. The Morgan fingerprint density at radius 2 is 1.96 bits per heavy atom. The summed E-state index contributed by atoms with van der Waals surface area (Å²) in [5, 5.41) is 3.50. The molecule has 1 heterocycles. The van der Waals surface area contributed by atoms with E-state index in [0.29, 0.717) is 16.3 Å². The summed E-state index contributed by atoms with van der Waals surface area (Å²) in [6, 6.07) is 16.7. The van der Waals surface area contributed by atoms with Gasteiger partial charge in [0.05, 0.1) is 6.04 Å². The molecule has 4 nitrogen and oxygen atoms in total. The first-order valence-electron chi connectivity index (χ1n) is 7.20. The van der Waals surface area contributed by atoms with Gasteiger partial charge in [0, 0.05) is 10.6 Å². The van der Waals surface area contributed by atoms with Gasteiger partial charge >= 0.3 is 0 Å². The van der Waals surface area contributed by atoms with Crippen LogP contribution in [0, 0.1) is 0 Å². The van der Waals surface area contributed by atoms with Gasteiger partial charge in [0.2, 0.25) is 0 Å². The minimum absolute atomic E-state index is 0.132. The molecule has 1 amide bonds. The van der Waals surface area contributed by atoms with Crippen molar-refractivity contribution in [3.05, 3.63) is 77.3 Å². The molecular formula is C18H15ClN2O2. The highest BCUT2D eigenvalue weighted by Crippen LogP contribution is 2.26. The molecule has 1 atom stereocenters. The first-order valence-corrected chi connectivity index (χ1v) is 7.58. The largest absolute Gasteiger partial charge is 0.443 e. The van der Waals surface area contributed by atoms with Crippen molar-refractivity contribution in [2.45, 2.75) is 13.0 Å². The Kier molecular flexibility index (Phi) is 4.44. The first kappa shape index (κ1) is 15.3. The maximum Gasteiger partial charge on any atom is 0.274 e. The smallest absolute Gasteiger partial charge is 0.274 e. The molecule has 0 bridgehead atoms. The second kappa shape index (κ2) is 6.67. The van der Waals surface area contributed by atoms with E-state index in [1.165, 1.54) is 6.39 Å². The molecule has 1 N–H and O–H groups in total. The third-order valence-corrected chi connectivity index (χ3v) is 3.75. The van der Waals surface area contributed by atoms with Gasteiger partial charge in [0.25, 0.3) is 5.91 Å².